The van der Waals surface area contributed by atoms with Crippen LogP contribution in [0.1, 0.15) is 44.9 Å². The number of hydrogen-bond acceptors (Lipinski definition) is 2. The van der Waals surface area contributed by atoms with Crippen molar-refractivity contribution in [2.45, 2.75) is 51.0 Å². The van der Waals surface area contributed by atoms with E-state index in [1.807, 2.05) is 0 Å². The lowest BCUT2D eigenvalue weighted by Gasteiger charge is -2.15. The average Bonchev–Trinajstić information content (AvgIpc) is 2.32. The molecule has 3 N–H and O–H groups in total. The fourth-order valence-electron chi connectivity index (χ4n) is 2.06. The summed E-state index contributed by atoms with van der Waals surface area (Å²) in [6, 6.07) is -0.650. The molecule has 0 amide bonds. The molecule has 0 aromatic rings. The van der Waals surface area contributed by atoms with Crippen LogP contribution < -0.4 is 5.73 Å². The molecule has 0 unspecified atom stereocenters. The van der Waals surface area contributed by atoms with Crippen molar-refractivity contribution >= 4 is 5.97 Å². The number of carboxylic acid groups (broad SMARTS) is 1. The van der Waals surface area contributed by atoms with E-state index in [1.165, 1.54) is 38.5 Å². The van der Waals surface area contributed by atoms with Crippen LogP contribution in [0.5, 0.6) is 0 Å². The standard InChI is InChI=1S/C10H19NO2/c11-9(10(12)13)7-8-5-3-1-2-4-6-8/h8-9H,1-7,11H2,(H,12,13)/t9-/m0/s1. The Kier molecular flexibility index (Phi) is 4.22. The third-order valence-electron chi connectivity index (χ3n) is 2.88. The van der Waals surface area contributed by atoms with Crippen LogP contribution in [0.25, 0.3) is 0 Å². The van der Waals surface area contributed by atoms with E-state index in [1.54, 1.807) is 0 Å². The maximum Gasteiger partial charge on any atom is 0.320 e. The highest BCUT2D eigenvalue weighted by atomic mass is 16.4. The minimum absolute atomic E-state index is 0.550. The van der Waals surface area contributed by atoms with Gasteiger partial charge in [0.2, 0.25) is 0 Å². The molecule has 3 heteroatoms. The van der Waals surface area contributed by atoms with Crippen LogP contribution in [-0.2, 0) is 4.79 Å². The van der Waals surface area contributed by atoms with Crippen molar-refractivity contribution in [3.05, 3.63) is 0 Å². The first-order chi connectivity index (χ1) is 6.20. The molecule has 1 aliphatic rings. The normalized spacial score (nSPS) is 22.2. The Morgan fingerprint density at radius 1 is 1.31 bits per heavy atom. The maximum absolute atomic E-state index is 10.5. The fraction of sp³-hybridized carbons (Fsp3) is 0.900. The van der Waals surface area contributed by atoms with E-state index in [4.69, 9.17) is 10.8 Å². The molecule has 0 radical (unpaired) electrons. The van der Waals surface area contributed by atoms with Gasteiger partial charge in [0, 0.05) is 0 Å². The average molecular weight is 185 g/mol. The maximum atomic E-state index is 10.5. The Balaban J connectivity index is 2.29. The summed E-state index contributed by atoms with van der Waals surface area (Å²) in [6.07, 6.45) is 8.10. The van der Waals surface area contributed by atoms with Gasteiger partial charge in [0.25, 0.3) is 0 Å². The van der Waals surface area contributed by atoms with Crippen LogP contribution in [0.3, 0.4) is 0 Å². The zero-order valence-electron chi connectivity index (χ0n) is 8.04. The number of carboxylic acids is 1. The van der Waals surface area contributed by atoms with Crippen molar-refractivity contribution < 1.29 is 9.90 Å². The smallest absolute Gasteiger partial charge is 0.320 e. The Morgan fingerprint density at radius 3 is 2.31 bits per heavy atom. The number of carbonyl (C=O) groups is 1. The molecule has 1 rings (SSSR count). The zero-order valence-corrected chi connectivity index (χ0v) is 8.04. The summed E-state index contributed by atoms with van der Waals surface area (Å²) in [4.78, 5) is 10.5. The first-order valence-electron chi connectivity index (χ1n) is 5.18. The lowest BCUT2D eigenvalue weighted by molar-refractivity contribution is -0.139. The third-order valence-corrected chi connectivity index (χ3v) is 2.88. The predicted molar refractivity (Wildman–Crippen MR) is 51.4 cm³/mol. The van der Waals surface area contributed by atoms with Crippen LogP contribution in [0.15, 0.2) is 0 Å². The Labute approximate surface area is 79.3 Å². The summed E-state index contributed by atoms with van der Waals surface area (Å²) >= 11 is 0. The highest BCUT2D eigenvalue weighted by molar-refractivity contribution is 5.73. The van der Waals surface area contributed by atoms with Crippen LogP contribution >= 0.6 is 0 Å². The SMILES string of the molecule is N[C@@H](CC1CCCCCC1)C(=O)O. The Bertz CT molecular complexity index is 162. The van der Waals surface area contributed by atoms with E-state index in [0.717, 1.165) is 0 Å². The lowest BCUT2D eigenvalue weighted by Crippen LogP contribution is -2.32. The van der Waals surface area contributed by atoms with Gasteiger partial charge in [-0.3, -0.25) is 4.79 Å². The molecule has 76 valence electrons. The van der Waals surface area contributed by atoms with Gasteiger partial charge in [-0.15, -0.1) is 0 Å². The molecular weight excluding hydrogens is 166 g/mol. The molecule has 1 fully saturated rings. The van der Waals surface area contributed by atoms with Crippen molar-refractivity contribution in [2.75, 3.05) is 0 Å². The van der Waals surface area contributed by atoms with Crippen molar-refractivity contribution in [3.63, 3.8) is 0 Å². The second-order valence-corrected chi connectivity index (χ2v) is 4.04. The molecule has 3 nitrogen and oxygen atoms in total. The zero-order chi connectivity index (χ0) is 9.68. The second-order valence-electron chi connectivity index (χ2n) is 4.04. The summed E-state index contributed by atoms with van der Waals surface area (Å²) in [7, 11) is 0. The molecule has 0 aromatic carbocycles. The monoisotopic (exact) mass is 185 g/mol. The molecule has 0 spiro atoms. The first-order valence-corrected chi connectivity index (χ1v) is 5.18. The van der Waals surface area contributed by atoms with Crippen LogP contribution in [-0.4, -0.2) is 17.1 Å². The third kappa shape index (κ3) is 3.77. The van der Waals surface area contributed by atoms with Crippen LogP contribution in [0.2, 0.25) is 0 Å². The van der Waals surface area contributed by atoms with E-state index in [0.29, 0.717) is 12.3 Å². The largest absolute Gasteiger partial charge is 0.480 e. The number of nitrogens with two attached hydrogens (primary N) is 1. The molecular formula is C10H19NO2. The van der Waals surface area contributed by atoms with Crippen molar-refractivity contribution in [1.29, 1.82) is 0 Å². The molecule has 0 aromatic heterocycles. The highest BCUT2D eigenvalue weighted by Crippen LogP contribution is 2.25. The van der Waals surface area contributed by atoms with E-state index in [-0.39, 0.29) is 0 Å². The molecule has 13 heavy (non-hydrogen) atoms. The fourth-order valence-corrected chi connectivity index (χ4v) is 2.06. The first kappa shape index (κ1) is 10.5. The topological polar surface area (TPSA) is 63.3 Å². The van der Waals surface area contributed by atoms with Gasteiger partial charge in [-0.05, 0) is 12.3 Å². The van der Waals surface area contributed by atoms with Gasteiger partial charge in [-0.25, -0.2) is 0 Å². The van der Waals surface area contributed by atoms with Crippen molar-refractivity contribution in [3.8, 4) is 0 Å². The quantitative estimate of drug-likeness (QED) is 0.658. The highest BCUT2D eigenvalue weighted by Gasteiger charge is 2.19. The van der Waals surface area contributed by atoms with Crippen molar-refractivity contribution in [1.82, 2.24) is 0 Å². The molecule has 1 atom stereocenters. The molecule has 0 saturated heterocycles. The van der Waals surface area contributed by atoms with Gasteiger partial charge in [-0.2, -0.15) is 0 Å². The number of rotatable bonds is 3. The summed E-state index contributed by atoms with van der Waals surface area (Å²) in [5.74, 6) is -0.308. The van der Waals surface area contributed by atoms with Gasteiger partial charge in [-0.1, -0.05) is 38.5 Å². The molecule has 1 aliphatic carbocycles. The minimum Gasteiger partial charge on any atom is -0.480 e. The summed E-state index contributed by atoms with van der Waals surface area (Å²) in [5.41, 5.74) is 5.50. The number of hydrogen-bond donors (Lipinski definition) is 2. The van der Waals surface area contributed by atoms with Gasteiger partial charge in [0.05, 0.1) is 0 Å². The number of aliphatic carboxylic acids is 1. The minimum atomic E-state index is -0.857. The van der Waals surface area contributed by atoms with Gasteiger partial charge in [0.15, 0.2) is 0 Å². The van der Waals surface area contributed by atoms with Gasteiger partial charge in [0.1, 0.15) is 6.04 Å². The summed E-state index contributed by atoms with van der Waals surface area (Å²) in [6.45, 7) is 0. The van der Waals surface area contributed by atoms with E-state index in [2.05, 4.69) is 0 Å². The van der Waals surface area contributed by atoms with E-state index >= 15 is 0 Å². The van der Waals surface area contributed by atoms with Crippen LogP contribution in [0, 0.1) is 5.92 Å². The predicted octanol–water partition coefficient (Wildman–Crippen LogP) is 1.76. The summed E-state index contributed by atoms with van der Waals surface area (Å²) in [5, 5.41) is 8.66. The summed E-state index contributed by atoms with van der Waals surface area (Å²) < 4.78 is 0. The molecule has 0 heterocycles. The van der Waals surface area contributed by atoms with Crippen molar-refractivity contribution in [2.24, 2.45) is 11.7 Å². The van der Waals surface area contributed by atoms with Gasteiger partial charge >= 0.3 is 5.97 Å². The molecule has 0 bridgehead atoms. The van der Waals surface area contributed by atoms with E-state index in [9.17, 15) is 4.79 Å². The second kappa shape index (κ2) is 5.22. The Hall–Kier alpha value is -0.570. The van der Waals surface area contributed by atoms with E-state index < -0.39 is 12.0 Å². The molecule has 1 saturated carbocycles. The van der Waals surface area contributed by atoms with Gasteiger partial charge < -0.3 is 10.8 Å². The Morgan fingerprint density at radius 2 is 1.85 bits per heavy atom. The van der Waals surface area contributed by atoms with Crippen LogP contribution in [0.4, 0.5) is 0 Å². The lowest BCUT2D eigenvalue weighted by atomic mass is 9.93. The molecule has 0 aliphatic heterocycles.